The molecule has 1 aromatic heterocycles. The van der Waals surface area contributed by atoms with Gasteiger partial charge in [-0.05, 0) is 44.9 Å². The van der Waals surface area contributed by atoms with Crippen molar-refractivity contribution >= 4 is 34.5 Å². The van der Waals surface area contributed by atoms with E-state index in [1.807, 2.05) is 23.6 Å². The van der Waals surface area contributed by atoms with Crippen LogP contribution in [0.1, 0.15) is 30.5 Å². The number of aromatic nitrogens is 1. The van der Waals surface area contributed by atoms with E-state index < -0.39 is 5.97 Å². The Kier molecular flexibility index (Phi) is 3.91. The molecule has 0 saturated carbocycles. The molecule has 0 saturated heterocycles. The smallest absolute Gasteiger partial charge is 0.331 e. The Morgan fingerprint density at radius 2 is 2.05 bits per heavy atom. The maximum atomic E-state index is 11.0. The highest BCUT2D eigenvalue weighted by Gasteiger charge is 2.16. The van der Waals surface area contributed by atoms with E-state index in [0.717, 1.165) is 23.0 Å². The minimum Gasteiger partial charge on any atom is -0.478 e. The highest BCUT2D eigenvalue weighted by molar-refractivity contribution is 6.33. The van der Waals surface area contributed by atoms with Crippen molar-refractivity contribution in [3.8, 4) is 0 Å². The topological polar surface area (TPSA) is 42.2 Å². The molecule has 1 aromatic carbocycles. The first-order valence-electron chi connectivity index (χ1n) is 6.58. The summed E-state index contributed by atoms with van der Waals surface area (Å²) < 4.78 is 2.03. The highest BCUT2D eigenvalue weighted by Crippen LogP contribution is 2.34. The number of carboxylic acids is 1. The Hall–Kier alpha value is -1.74. The van der Waals surface area contributed by atoms with Crippen molar-refractivity contribution in [2.45, 2.75) is 34.2 Å². The van der Waals surface area contributed by atoms with Crippen molar-refractivity contribution in [1.29, 1.82) is 0 Å². The van der Waals surface area contributed by atoms with Crippen molar-refractivity contribution in [3.63, 3.8) is 0 Å². The van der Waals surface area contributed by atoms with Crippen molar-refractivity contribution in [1.82, 2.24) is 4.57 Å². The lowest BCUT2D eigenvalue weighted by Crippen LogP contribution is -1.96. The van der Waals surface area contributed by atoms with Crippen molar-refractivity contribution in [3.05, 3.63) is 39.5 Å². The zero-order chi connectivity index (χ0) is 15.0. The van der Waals surface area contributed by atoms with Gasteiger partial charge in [0.05, 0.1) is 5.52 Å². The first-order chi connectivity index (χ1) is 9.38. The van der Waals surface area contributed by atoms with Crippen molar-refractivity contribution in [2.24, 2.45) is 0 Å². The van der Waals surface area contributed by atoms with E-state index in [1.54, 1.807) is 13.0 Å². The number of carbonyl (C=O) groups is 1. The van der Waals surface area contributed by atoms with Gasteiger partial charge in [0.15, 0.2) is 0 Å². The molecule has 0 aliphatic heterocycles. The molecule has 106 valence electrons. The lowest BCUT2D eigenvalue weighted by Gasteiger charge is -2.07. The Morgan fingerprint density at radius 3 is 2.60 bits per heavy atom. The number of benzene rings is 1. The molecule has 1 N–H and O–H groups in total. The number of fused-ring (bicyclic) bond motifs is 1. The Morgan fingerprint density at radius 1 is 1.40 bits per heavy atom. The zero-order valence-electron chi connectivity index (χ0n) is 12.1. The molecule has 0 radical (unpaired) electrons. The molecule has 2 rings (SSSR count). The van der Waals surface area contributed by atoms with E-state index >= 15 is 0 Å². The molecule has 0 amide bonds. The molecule has 0 aliphatic carbocycles. The monoisotopic (exact) mass is 291 g/mol. The summed E-state index contributed by atoms with van der Waals surface area (Å²) in [7, 11) is 0. The predicted molar refractivity (Wildman–Crippen MR) is 83.4 cm³/mol. The second-order valence-electron chi connectivity index (χ2n) is 4.98. The molecular formula is C16H18ClNO2. The quantitative estimate of drug-likeness (QED) is 0.851. The standard InChI is InChI=1S/C16H18ClNO2/c1-5-18-14-11(4)9(2)6-7-12(14)13(15(18)17)8-10(3)16(19)20/h6-8H,5H2,1-4H3,(H,19,20)/b10-8+. The van der Waals surface area contributed by atoms with Gasteiger partial charge in [-0.2, -0.15) is 0 Å². The Bertz CT molecular complexity index is 726. The van der Waals surface area contributed by atoms with Crippen molar-refractivity contribution in [2.75, 3.05) is 0 Å². The van der Waals surface area contributed by atoms with Gasteiger partial charge in [-0.15, -0.1) is 0 Å². The molecule has 0 fully saturated rings. The molecule has 0 bridgehead atoms. The van der Waals surface area contributed by atoms with E-state index in [4.69, 9.17) is 16.7 Å². The lowest BCUT2D eigenvalue weighted by atomic mass is 10.0. The second kappa shape index (κ2) is 5.33. The Balaban J connectivity index is 2.87. The number of hydrogen-bond donors (Lipinski definition) is 1. The fraction of sp³-hybridized carbons (Fsp3) is 0.312. The summed E-state index contributed by atoms with van der Waals surface area (Å²) in [6, 6.07) is 4.05. The maximum Gasteiger partial charge on any atom is 0.331 e. The first kappa shape index (κ1) is 14.7. The van der Waals surface area contributed by atoms with Crippen LogP contribution in [0.5, 0.6) is 0 Å². The van der Waals surface area contributed by atoms with Crippen molar-refractivity contribution < 1.29 is 9.90 Å². The van der Waals surface area contributed by atoms with Gasteiger partial charge in [-0.3, -0.25) is 0 Å². The zero-order valence-corrected chi connectivity index (χ0v) is 12.9. The van der Waals surface area contributed by atoms with Gasteiger partial charge in [0.1, 0.15) is 5.15 Å². The molecule has 1 heterocycles. The molecule has 0 atom stereocenters. The van der Waals surface area contributed by atoms with Crippen LogP contribution in [0.4, 0.5) is 0 Å². The summed E-state index contributed by atoms with van der Waals surface area (Å²) in [6.07, 6.45) is 1.65. The minimum absolute atomic E-state index is 0.278. The fourth-order valence-corrected chi connectivity index (χ4v) is 2.79. The summed E-state index contributed by atoms with van der Waals surface area (Å²) in [6.45, 7) is 8.49. The minimum atomic E-state index is -0.928. The van der Waals surface area contributed by atoms with Crippen LogP contribution >= 0.6 is 11.6 Å². The Labute approximate surface area is 123 Å². The van der Waals surface area contributed by atoms with Crippen LogP contribution < -0.4 is 0 Å². The van der Waals surface area contributed by atoms with Gasteiger partial charge in [0.25, 0.3) is 0 Å². The highest BCUT2D eigenvalue weighted by atomic mass is 35.5. The van der Waals surface area contributed by atoms with E-state index in [-0.39, 0.29) is 5.57 Å². The maximum absolute atomic E-state index is 11.0. The third-order valence-electron chi connectivity index (χ3n) is 3.74. The number of aliphatic carboxylic acids is 1. The average molecular weight is 292 g/mol. The van der Waals surface area contributed by atoms with Gasteiger partial charge >= 0.3 is 5.97 Å². The molecule has 0 spiro atoms. The number of aryl methyl sites for hydroxylation is 3. The summed E-state index contributed by atoms with van der Waals surface area (Å²) in [5, 5.41) is 10.6. The molecule has 4 heteroatoms. The normalized spacial score (nSPS) is 12.2. The van der Waals surface area contributed by atoms with Gasteiger partial charge in [-0.25, -0.2) is 4.79 Å². The fourth-order valence-electron chi connectivity index (χ4n) is 2.43. The van der Waals surface area contributed by atoms with E-state index in [0.29, 0.717) is 5.15 Å². The average Bonchev–Trinajstić information content (AvgIpc) is 2.67. The number of hydrogen-bond acceptors (Lipinski definition) is 1. The van der Waals surface area contributed by atoms with Crippen LogP contribution in [0, 0.1) is 13.8 Å². The first-order valence-corrected chi connectivity index (χ1v) is 6.95. The van der Waals surface area contributed by atoms with E-state index in [9.17, 15) is 4.79 Å². The molecule has 0 aliphatic rings. The SMILES string of the molecule is CCn1c(Cl)c(/C=C(\C)C(=O)O)c2ccc(C)c(C)c21. The lowest BCUT2D eigenvalue weighted by molar-refractivity contribution is -0.132. The number of nitrogens with zero attached hydrogens (tertiary/aromatic N) is 1. The van der Waals surface area contributed by atoms with Crippen LogP contribution in [0.15, 0.2) is 17.7 Å². The predicted octanol–water partition coefficient (Wildman–Crippen LogP) is 4.42. The summed E-state index contributed by atoms with van der Waals surface area (Å²) in [4.78, 5) is 11.0. The van der Waals surface area contributed by atoms with Crippen LogP contribution in [0.2, 0.25) is 5.15 Å². The van der Waals surface area contributed by atoms with Gasteiger partial charge in [0, 0.05) is 23.1 Å². The third-order valence-corrected chi connectivity index (χ3v) is 4.14. The number of carboxylic acid groups (broad SMARTS) is 1. The van der Waals surface area contributed by atoms with Gasteiger partial charge < -0.3 is 9.67 Å². The molecule has 20 heavy (non-hydrogen) atoms. The molecule has 0 unspecified atom stereocenters. The van der Waals surface area contributed by atoms with Gasteiger partial charge in [-0.1, -0.05) is 23.7 Å². The molecule has 2 aromatic rings. The van der Waals surface area contributed by atoms with E-state index in [1.165, 1.54) is 11.1 Å². The van der Waals surface area contributed by atoms with E-state index in [2.05, 4.69) is 13.8 Å². The second-order valence-corrected chi connectivity index (χ2v) is 5.34. The summed E-state index contributed by atoms with van der Waals surface area (Å²) in [5.74, 6) is -0.928. The molecule has 3 nitrogen and oxygen atoms in total. The number of rotatable bonds is 3. The largest absolute Gasteiger partial charge is 0.478 e. The molecular weight excluding hydrogens is 274 g/mol. The van der Waals surface area contributed by atoms with Crippen LogP contribution in [-0.4, -0.2) is 15.6 Å². The van der Waals surface area contributed by atoms with Crippen LogP contribution in [0.25, 0.3) is 17.0 Å². The summed E-state index contributed by atoms with van der Waals surface area (Å²) >= 11 is 6.45. The van der Waals surface area contributed by atoms with Gasteiger partial charge in [0.2, 0.25) is 0 Å². The number of halogens is 1. The third kappa shape index (κ3) is 2.22. The van der Waals surface area contributed by atoms with Crippen LogP contribution in [-0.2, 0) is 11.3 Å². The van der Waals surface area contributed by atoms with Crippen LogP contribution in [0.3, 0.4) is 0 Å². The summed E-state index contributed by atoms with van der Waals surface area (Å²) in [5.41, 5.74) is 4.53.